The Kier molecular flexibility index (Phi) is 5.14. The summed E-state index contributed by atoms with van der Waals surface area (Å²) in [6.45, 7) is 0. The highest BCUT2D eigenvalue weighted by molar-refractivity contribution is 7.96. The van der Waals surface area contributed by atoms with Gasteiger partial charge in [0.05, 0.1) is 32.9 Å². The SMILES string of the molecule is COc1cc([C@@H]2C(C#N)=C(N)OC3=C2S(=O)(=O)N(C)c2ccccc23)cc(OC)c1OC. The molecule has 0 aromatic heterocycles. The summed E-state index contributed by atoms with van der Waals surface area (Å²) in [6.07, 6.45) is 0. The van der Waals surface area contributed by atoms with Crippen LogP contribution in [-0.4, -0.2) is 36.8 Å². The van der Waals surface area contributed by atoms with Crippen molar-refractivity contribution in [2.24, 2.45) is 5.73 Å². The Labute approximate surface area is 185 Å². The number of allylic oxidation sites excluding steroid dienone is 2. The lowest BCUT2D eigenvalue weighted by atomic mass is 9.87. The van der Waals surface area contributed by atoms with Crippen LogP contribution in [0.5, 0.6) is 17.2 Å². The first-order valence-corrected chi connectivity index (χ1v) is 10.9. The maximum atomic E-state index is 13.6. The smallest absolute Gasteiger partial charge is 0.264 e. The van der Waals surface area contributed by atoms with E-state index in [9.17, 15) is 13.7 Å². The van der Waals surface area contributed by atoms with Gasteiger partial charge in [-0.1, -0.05) is 12.1 Å². The highest BCUT2D eigenvalue weighted by Crippen LogP contribution is 2.52. The van der Waals surface area contributed by atoms with E-state index in [1.165, 1.54) is 32.7 Å². The Morgan fingerprint density at radius 2 is 1.72 bits per heavy atom. The van der Waals surface area contributed by atoms with Crippen LogP contribution in [0.25, 0.3) is 5.76 Å². The number of fused-ring (bicyclic) bond motifs is 2. The topological polar surface area (TPSA) is 124 Å². The highest BCUT2D eigenvalue weighted by Gasteiger charge is 2.46. The van der Waals surface area contributed by atoms with Gasteiger partial charge in [-0.3, -0.25) is 4.31 Å². The van der Waals surface area contributed by atoms with E-state index in [2.05, 4.69) is 0 Å². The van der Waals surface area contributed by atoms with E-state index in [1.807, 2.05) is 6.07 Å². The lowest BCUT2D eigenvalue weighted by Crippen LogP contribution is -2.37. The molecule has 0 fully saturated rings. The highest BCUT2D eigenvalue weighted by atomic mass is 32.2. The molecule has 10 heteroatoms. The van der Waals surface area contributed by atoms with Crippen LogP contribution in [0, 0.1) is 11.3 Å². The van der Waals surface area contributed by atoms with Crippen molar-refractivity contribution >= 4 is 21.5 Å². The normalized spacial score (nSPS) is 18.8. The van der Waals surface area contributed by atoms with Crippen molar-refractivity contribution < 1.29 is 27.4 Å². The number of rotatable bonds is 4. The van der Waals surface area contributed by atoms with Gasteiger partial charge in [0, 0.05) is 12.6 Å². The summed E-state index contributed by atoms with van der Waals surface area (Å²) in [5, 5.41) is 9.88. The molecule has 0 aliphatic carbocycles. The van der Waals surface area contributed by atoms with Crippen molar-refractivity contribution in [2.75, 3.05) is 32.7 Å². The van der Waals surface area contributed by atoms with E-state index >= 15 is 0 Å². The first-order valence-electron chi connectivity index (χ1n) is 9.50. The third kappa shape index (κ3) is 2.93. The van der Waals surface area contributed by atoms with Gasteiger partial charge in [0.2, 0.25) is 11.6 Å². The van der Waals surface area contributed by atoms with Gasteiger partial charge in [0.15, 0.2) is 17.3 Å². The van der Waals surface area contributed by atoms with Crippen LogP contribution >= 0.6 is 0 Å². The average molecular weight is 455 g/mol. The van der Waals surface area contributed by atoms with Crippen LogP contribution in [-0.2, 0) is 14.8 Å². The zero-order valence-electron chi connectivity index (χ0n) is 17.9. The van der Waals surface area contributed by atoms with E-state index in [4.69, 9.17) is 24.7 Å². The molecular formula is C22H21N3O6S. The van der Waals surface area contributed by atoms with Crippen LogP contribution in [0.4, 0.5) is 5.69 Å². The zero-order valence-corrected chi connectivity index (χ0v) is 18.7. The number of hydrogen-bond acceptors (Lipinski definition) is 8. The molecule has 2 aromatic rings. The second-order valence-corrected chi connectivity index (χ2v) is 9.00. The maximum Gasteiger partial charge on any atom is 0.264 e. The molecule has 2 aromatic carbocycles. The van der Waals surface area contributed by atoms with Gasteiger partial charge in [-0.25, -0.2) is 8.42 Å². The molecule has 9 nitrogen and oxygen atoms in total. The number of benzene rings is 2. The number of methoxy groups -OCH3 is 3. The van der Waals surface area contributed by atoms with E-state index in [1.54, 1.807) is 36.4 Å². The Morgan fingerprint density at radius 3 is 2.28 bits per heavy atom. The molecule has 2 N–H and O–H groups in total. The predicted molar refractivity (Wildman–Crippen MR) is 117 cm³/mol. The number of para-hydroxylation sites is 1. The van der Waals surface area contributed by atoms with Gasteiger partial charge in [0.25, 0.3) is 10.0 Å². The number of nitrogens with two attached hydrogens (primary N) is 1. The summed E-state index contributed by atoms with van der Waals surface area (Å²) >= 11 is 0. The van der Waals surface area contributed by atoms with Gasteiger partial charge in [-0.15, -0.1) is 0 Å². The van der Waals surface area contributed by atoms with Crippen LogP contribution in [0.2, 0.25) is 0 Å². The van der Waals surface area contributed by atoms with E-state index < -0.39 is 15.9 Å². The molecular weight excluding hydrogens is 434 g/mol. The number of nitrogens with zero attached hydrogens (tertiary/aromatic N) is 2. The van der Waals surface area contributed by atoms with E-state index in [-0.39, 0.29) is 22.1 Å². The van der Waals surface area contributed by atoms with Crippen molar-refractivity contribution in [3.8, 4) is 23.3 Å². The largest absolute Gasteiger partial charge is 0.493 e. The number of ether oxygens (including phenoxy) is 4. The number of nitriles is 1. The van der Waals surface area contributed by atoms with Crippen LogP contribution < -0.4 is 24.2 Å². The lowest BCUT2D eigenvalue weighted by Gasteiger charge is -2.36. The van der Waals surface area contributed by atoms with Gasteiger partial charge < -0.3 is 24.7 Å². The first kappa shape index (κ1) is 21.4. The third-order valence-electron chi connectivity index (χ3n) is 5.52. The summed E-state index contributed by atoms with van der Waals surface area (Å²) < 4.78 is 50.4. The number of hydrogen-bond donors (Lipinski definition) is 1. The molecule has 2 heterocycles. The zero-order chi connectivity index (χ0) is 23.2. The number of anilines is 1. The molecule has 0 radical (unpaired) electrons. The summed E-state index contributed by atoms with van der Waals surface area (Å²) in [5.74, 6) is -0.155. The minimum absolute atomic E-state index is 0.0330. The fourth-order valence-corrected chi connectivity index (χ4v) is 5.65. The van der Waals surface area contributed by atoms with Gasteiger partial charge in [-0.2, -0.15) is 5.26 Å². The number of sulfonamides is 1. The molecule has 0 bridgehead atoms. The summed E-state index contributed by atoms with van der Waals surface area (Å²) in [6, 6.07) is 12.1. The molecule has 0 saturated carbocycles. The molecule has 0 unspecified atom stereocenters. The maximum absolute atomic E-state index is 13.6. The van der Waals surface area contributed by atoms with Crippen LogP contribution in [0.15, 0.2) is 52.8 Å². The molecule has 0 saturated heterocycles. The van der Waals surface area contributed by atoms with E-state index in [0.717, 1.165) is 0 Å². The minimum atomic E-state index is -4.06. The summed E-state index contributed by atoms with van der Waals surface area (Å²) in [7, 11) is 1.76. The molecule has 1 atom stereocenters. The summed E-state index contributed by atoms with van der Waals surface area (Å²) in [4.78, 5) is -0.0845. The second kappa shape index (κ2) is 7.69. The Balaban J connectivity index is 2.08. The molecule has 166 valence electrons. The predicted octanol–water partition coefficient (Wildman–Crippen LogP) is 2.67. The van der Waals surface area contributed by atoms with Gasteiger partial charge in [0.1, 0.15) is 16.5 Å². The first-order chi connectivity index (χ1) is 15.3. The molecule has 2 aliphatic rings. The van der Waals surface area contributed by atoms with Crippen LogP contribution in [0.3, 0.4) is 0 Å². The van der Waals surface area contributed by atoms with Gasteiger partial charge >= 0.3 is 0 Å². The Morgan fingerprint density at radius 1 is 1.09 bits per heavy atom. The second-order valence-electron chi connectivity index (χ2n) is 7.07. The van der Waals surface area contributed by atoms with Crippen LogP contribution in [0.1, 0.15) is 17.0 Å². The molecule has 0 amide bonds. The fraction of sp³-hybridized carbons (Fsp3) is 0.227. The Bertz CT molecular complexity index is 1300. The minimum Gasteiger partial charge on any atom is -0.493 e. The molecule has 4 rings (SSSR count). The molecule has 0 spiro atoms. The van der Waals surface area contributed by atoms with Crippen molar-refractivity contribution in [3.63, 3.8) is 0 Å². The van der Waals surface area contributed by atoms with Crippen molar-refractivity contribution in [1.29, 1.82) is 5.26 Å². The summed E-state index contributed by atoms with van der Waals surface area (Å²) in [5.41, 5.74) is 7.50. The third-order valence-corrected chi connectivity index (χ3v) is 7.41. The monoisotopic (exact) mass is 455 g/mol. The van der Waals surface area contributed by atoms with Crippen molar-refractivity contribution in [1.82, 2.24) is 0 Å². The van der Waals surface area contributed by atoms with Crippen molar-refractivity contribution in [3.05, 3.63) is 63.9 Å². The molecule has 32 heavy (non-hydrogen) atoms. The van der Waals surface area contributed by atoms with E-state index in [0.29, 0.717) is 34.1 Å². The average Bonchev–Trinajstić information content (AvgIpc) is 2.80. The molecule has 2 aliphatic heterocycles. The standard InChI is InChI=1S/C22H21N3O6S/c1-25-15-8-6-5-7-13(15)19-21(32(25,26)27)18(14(11-23)22(24)31-19)12-9-16(28-2)20(30-4)17(10-12)29-3/h5-10,18H,24H2,1-4H3/t18-/m1/s1. The van der Waals surface area contributed by atoms with Gasteiger partial charge in [-0.05, 0) is 29.8 Å². The lowest BCUT2D eigenvalue weighted by molar-refractivity contribution is 0.323. The van der Waals surface area contributed by atoms with Crippen molar-refractivity contribution in [2.45, 2.75) is 5.92 Å². The quantitative estimate of drug-likeness (QED) is 0.746. The fourth-order valence-electron chi connectivity index (χ4n) is 4.00. The Hall–Kier alpha value is -3.84.